The first-order chi connectivity index (χ1) is 7.96. The highest BCUT2D eigenvalue weighted by molar-refractivity contribution is 7.90. The molecule has 0 atom stereocenters. The highest BCUT2D eigenvalue weighted by Gasteiger charge is 2.16. The molecule has 1 heterocycles. The van der Waals surface area contributed by atoms with E-state index in [4.69, 9.17) is 4.74 Å². The molecule has 0 fully saturated rings. The van der Waals surface area contributed by atoms with Gasteiger partial charge in [0.1, 0.15) is 15.6 Å². The number of fused-ring (bicyclic) bond motifs is 1. The number of Topliss-reactive ketones (excluding diaryl/α,β-unsaturated/α-hetero) is 1. The largest absolute Gasteiger partial charge is 0.493 e. The fourth-order valence-corrected chi connectivity index (χ4v) is 2.34. The van der Waals surface area contributed by atoms with Gasteiger partial charge in [-0.3, -0.25) is 4.79 Å². The number of sulfone groups is 1. The molecule has 0 saturated heterocycles. The van der Waals surface area contributed by atoms with Gasteiger partial charge >= 0.3 is 0 Å². The molecule has 1 aliphatic rings. The Kier molecular flexibility index (Phi) is 3.19. The molecule has 0 bridgehead atoms. The summed E-state index contributed by atoms with van der Waals surface area (Å²) in [5, 5.41) is 0. The molecule has 0 N–H and O–H groups in total. The Balaban J connectivity index is 2.10. The van der Waals surface area contributed by atoms with E-state index in [1.807, 2.05) is 0 Å². The first-order valence-corrected chi connectivity index (χ1v) is 7.48. The van der Waals surface area contributed by atoms with E-state index in [-0.39, 0.29) is 18.0 Å². The van der Waals surface area contributed by atoms with E-state index in [1.54, 1.807) is 18.2 Å². The lowest BCUT2D eigenvalue weighted by Gasteiger charge is -2.03. The molecule has 0 aliphatic carbocycles. The summed E-state index contributed by atoms with van der Waals surface area (Å²) in [6.07, 6.45) is 1.98. The van der Waals surface area contributed by atoms with Crippen molar-refractivity contribution < 1.29 is 17.9 Å². The van der Waals surface area contributed by atoms with Gasteiger partial charge in [0.25, 0.3) is 0 Å². The van der Waals surface area contributed by atoms with E-state index in [9.17, 15) is 13.2 Å². The van der Waals surface area contributed by atoms with Gasteiger partial charge in [0.2, 0.25) is 0 Å². The molecule has 0 radical (unpaired) electrons. The number of benzene rings is 1. The third-order valence-corrected chi connectivity index (χ3v) is 3.66. The molecule has 2 rings (SSSR count). The van der Waals surface area contributed by atoms with Crippen LogP contribution in [0.1, 0.15) is 22.3 Å². The van der Waals surface area contributed by atoms with Crippen molar-refractivity contribution in [3.8, 4) is 5.75 Å². The summed E-state index contributed by atoms with van der Waals surface area (Å²) in [5.41, 5.74) is 1.59. The molecule has 1 aromatic rings. The smallest absolute Gasteiger partial charge is 0.163 e. The van der Waals surface area contributed by atoms with E-state index in [1.165, 1.54) is 0 Å². The topological polar surface area (TPSA) is 60.4 Å². The molecule has 17 heavy (non-hydrogen) atoms. The summed E-state index contributed by atoms with van der Waals surface area (Å²) in [4.78, 5) is 11.8. The predicted molar refractivity (Wildman–Crippen MR) is 64.3 cm³/mol. The Bertz CT molecular complexity index is 546. The van der Waals surface area contributed by atoms with Crippen LogP contribution in [0.3, 0.4) is 0 Å². The second-order valence-electron chi connectivity index (χ2n) is 4.22. The minimum atomic E-state index is -3.08. The van der Waals surface area contributed by atoms with Crippen LogP contribution in [-0.4, -0.2) is 32.8 Å². The highest BCUT2D eigenvalue weighted by atomic mass is 32.2. The Morgan fingerprint density at radius 1 is 1.41 bits per heavy atom. The lowest BCUT2D eigenvalue weighted by atomic mass is 10.0. The molecule has 1 aliphatic heterocycles. The maximum Gasteiger partial charge on any atom is 0.163 e. The molecule has 0 saturated carbocycles. The van der Waals surface area contributed by atoms with Crippen LogP contribution in [0, 0.1) is 0 Å². The van der Waals surface area contributed by atoms with Crippen LogP contribution in [0.15, 0.2) is 18.2 Å². The van der Waals surface area contributed by atoms with Crippen molar-refractivity contribution in [2.75, 3.05) is 18.6 Å². The van der Waals surface area contributed by atoms with Crippen molar-refractivity contribution in [2.24, 2.45) is 0 Å². The number of carbonyl (C=O) groups excluding carboxylic acids is 1. The molecular weight excluding hydrogens is 240 g/mol. The maximum atomic E-state index is 11.8. The van der Waals surface area contributed by atoms with Crippen molar-refractivity contribution in [3.05, 3.63) is 29.3 Å². The summed E-state index contributed by atoms with van der Waals surface area (Å²) in [6.45, 7) is 0.649. The van der Waals surface area contributed by atoms with Crippen molar-refractivity contribution in [1.29, 1.82) is 0 Å². The molecule has 0 spiro atoms. The average molecular weight is 254 g/mol. The number of rotatable bonds is 4. The van der Waals surface area contributed by atoms with Crippen LogP contribution in [0.5, 0.6) is 5.75 Å². The summed E-state index contributed by atoms with van der Waals surface area (Å²) >= 11 is 0. The van der Waals surface area contributed by atoms with Gasteiger partial charge in [0.05, 0.1) is 12.4 Å². The van der Waals surface area contributed by atoms with Crippen molar-refractivity contribution in [3.63, 3.8) is 0 Å². The fourth-order valence-electron chi connectivity index (χ4n) is 1.78. The summed E-state index contributed by atoms with van der Waals surface area (Å²) < 4.78 is 27.3. The van der Waals surface area contributed by atoms with Gasteiger partial charge in [-0.1, -0.05) is 0 Å². The molecule has 0 amide bonds. The molecule has 0 aromatic heterocycles. The quantitative estimate of drug-likeness (QED) is 0.758. The first-order valence-electron chi connectivity index (χ1n) is 5.42. The Labute approximate surface area is 101 Å². The summed E-state index contributed by atoms with van der Waals surface area (Å²) in [5.74, 6) is 0.592. The van der Waals surface area contributed by atoms with Gasteiger partial charge in [-0.05, 0) is 23.8 Å². The predicted octanol–water partition coefficient (Wildman–Crippen LogP) is 1.24. The van der Waals surface area contributed by atoms with Crippen LogP contribution in [0.25, 0.3) is 0 Å². The minimum Gasteiger partial charge on any atom is -0.493 e. The molecular formula is C12H14O4S. The summed E-state index contributed by atoms with van der Waals surface area (Å²) in [6, 6.07) is 5.26. The van der Waals surface area contributed by atoms with Crippen LogP contribution in [0.4, 0.5) is 0 Å². The Morgan fingerprint density at radius 2 is 2.18 bits per heavy atom. The van der Waals surface area contributed by atoms with Crippen LogP contribution in [0.2, 0.25) is 0 Å². The van der Waals surface area contributed by atoms with E-state index in [0.717, 1.165) is 24.0 Å². The number of hydrogen-bond acceptors (Lipinski definition) is 4. The second kappa shape index (κ2) is 4.49. The standard InChI is InChI=1S/C12H14O4S/c1-17(14,15)7-5-11(13)9-2-3-12-10(8-9)4-6-16-12/h2-3,8H,4-7H2,1H3. The molecule has 92 valence electrons. The SMILES string of the molecule is CS(=O)(=O)CCC(=O)c1ccc2c(c1)CCO2. The number of ether oxygens (including phenoxy) is 1. The first kappa shape index (κ1) is 12.1. The van der Waals surface area contributed by atoms with Gasteiger partial charge < -0.3 is 4.74 Å². The fraction of sp³-hybridized carbons (Fsp3) is 0.417. The van der Waals surface area contributed by atoms with Crippen LogP contribution in [-0.2, 0) is 16.3 Å². The minimum absolute atomic E-state index is 0.0402. The van der Waals surface area contributed by atoms with E-state index >= 15 is 0 Å². The molecule has 1 aromatic carbocycles. The Hall–Kier alpha value is -1.36. The third-order valence-electron chi connectivity index (χ3n) is 2.71. The third kappa shape index (κ3) is 3.06. The van der Waals surface area contributed by atoms with Crippen LogP contribution < -0.4 is 4.74 Å². The summed E-state index contributed by atoms with van der Waals surface area (Å²) in [7, 11) is -3.08. The van der Waals surface area contributed by atoms with Gasteiger partial charge in [-0.2, -0.15) is 0 Å². The van der Waals surface area contributed by atoms with Crippen molar-refractivity contribution in [2.45, 2.75) is 12.8 Å². The zero-order valence-electron chi connectivity index (χ0n) is 9.60. The number of hydrogen-bond donors (Lipinski definition) is 0. The molecule has 0 unspecified atom stereocenters. The number of carbonyl (C=O) groups is 1. The molecule has 5 heteroatoms. The number of ketones is 1. The second-order valence-corrected chi connectivity index (χ2v) is 6.48. The maximum absolute atomic E-state index is 11.8. The normalized spacial score (nSPS) is 14.2. The van der Waals surface area contributed by atoms with Gasteiger partial charge in [-0.25, -0.2) is 8.42 Å². The lowest BCUT2D eigenvalue weighted by molar-refractivity contribution is 0.0988. The van der Waals surface area contributed by atoms with Crippen molar-refractivity contribution >= 4 is 15.6 Å². The monoisotopic (exact) mass is 254 g/mol. The highest BCUT2D eigenvalue weighted by Crippen LogP contribution is 2.26. The van der Waals surface area contributed by atoms with Gasteiger partial charge in [0.15, 0.2) is 5.78 Å². The average Bonchev–Trinajstić information content (AvgIpc) is 2.71. The van der Waals surface area contributed by atoms with Gasteiger partial charge in [-0.15, -0.1) is 0 Å². The van der Waals surface area contributed by atoms with E-state index in [0.29, 0.717) is 12.2 Å². The van der Waals surface area contributed by atoms with Crippen molar-refractivity contribution in [1.82, 2.24) is 0 Å². The lowest BCUT2D eigenvalue weighted by Crippen LogP contribution is -2.09. The van der Waals surface area contributed by atoms with E-state index in [2.05, 4.69) is 0 Å². The van der Waals surface area contributed by atoms with Gasteiger partial charge in [0, 0.05) is 24.7 Å². The van der Waals surface area contributed by atoms with E-state index < -0.39 is 9.84 Å². The Morgan fingerprint density at radius 3 is 2.88 bits per heavy atom. The van der Waals surface area contributed by atoms with Crippen LogP contribution >= 0.6 is 0 Å². The molecule has 4 nitrogen and oxygen atoms in total. The zero-order valence-corrected chi connectivity index (χ0v) is 10.4. The zero-order chi connectivity index (χ0) is 12.5.